The zero-order valence-electron chi connectivity index (χ0n) is 14.7. The lowest BCUT2D eigenvalue weighted by molar-refractivity contribution is 0.136. The van der Waals surface area contributed by atoms with Gasteiger partial charge in [-0.05, 0) is 54.2 Å². The van der Waals surface area contributed by atoms with Crippen LogP contribution >= 0.6 is 0 Å². The third-order valence-corrected chi connectivity index (χ3v) is 4.84. The van der Waals surface area contributed by atoms with E-state index in [1.54, 1.807) is 0 Å². The van der Waals surface area contributed by atoms with Crippen molar-refractivity contribution in [2.75, 3.05) is 19.8 Å². The highest BCUT2D eigenvalue weighted by molar-refractivity contribution is 5.40. The fraction of sp³-hybridized carbons (Fsp3) is 0.429. The highest BCUT2D eigenvalue weighted by Crippen LogP contribution is 2.30. The third-order valence-electron chi connectivity index (χ3n) is 4.84. The van der Waals surface area contributed by atoms with Crippen molar-refractivity contribution in [2.24, 2.45) is 0 Å². The SMILES string of the molecule is Cc1cc(Cc2ccc(C(O)C3CO3)c(C)c2)ccc1OCC1CO1. The van der Waals surface area contributed by atoms with Crippen LogP contribution in [-0.2, 0) is 15.9 Å². The minimum Gasteiger partial charge on any atom is -0.491 e. The van der Waals surface area contributed by atoms with Gasteiger partial charge in [-0.1, -0.05) is 30.3 Å². The highest BCUT2D eigenvalue weighted by Gasteiger charge is 2.33. The van der Waals surface area contributed by atoms with E-state index in [1.807, 2.05) is 19.1 Å². The molecule has 0 spiro atoms. The van der Waals surface area contributed by atoms with Gasteiger partial charge in [0.2, 0.25) is 0 Å². The summed E-state index contributed by atoms with van der Waals surface area (Å²) in [5.41, 5.74) is 5.72. The minimum atomic E-state index is -0.511. The van der Waals surface area contributed by atoms with E-state index in [0.29, 0.717) is 13.2 Å². The number of aryl methyl sites for hydroxylation is 2. The second kappa shape index (κ2) is 6.79. The number of aliphatic hydroxyl groups is 1. The van der Waals surface area contributed by atoms with Crippen LogP contribution in [0.15, 0.2) is 36.4 Å². The Morgan fingerprint density at radius 3 is 2.32 bits per heavy atom. The molecule has 3 atom stereocenters. The molecular weight excluding hydrogens is 316 g/mol. The van der Waals surface area contributed by atoms with Gasteiger partial charge in [0, 0.05) is 0 Å². The lowest BCUT2D eigenvalue weighted by Gasteiger charge is -2.14. The summed E-state index contributed by atoms with van der Waals surface area (Å²) in [7, 11) is 0. The number of ether oxygens (including phenoxy) is 3. The third kappa shape index (κ3) is 4.03. The number of benzene rings is 2. The maximum Gasteiger partial charge on any atom is 0.122 e. The molecule has 1 N–H and O–H groups in total. The summed E-state index contributed by atoms with van der Waals surface area (Å²) in [6.07, 6.45) is 0.602. The van der Waals surface area contributed by atoms with Crippen molar-refractivity contribution in [1.82, 2.24) is 0 Å². The van der Waals surface area contributed by atoms with E-state index in [1.165, 1.54) is 11.1 Å². The average molecular weight is 340 g/mol. The smallest absolute Gasteiger partial charge is 0.122 e. The summed E-state index contributed by atoms with van der Waals surface area (Å²) >= 11 is 0. The largest absolute Gasteiger partial charge is 0.491 e. The summed E-state index contributed by atoms with van der Waals surface area (Å²) in [5.74, 6) is 0.929. The molecule has 4 nitrogen and oxygen atoms in total. The summed E-state index contributed by atoms with van der Waals surface area (Å²) in [6.45, 7) is 6.23. The van der Waals surface area contributed by atoms with Crippen molar-refractivity contribution in [2.45, 2.75) is 38.6 Å². The lowest BCUT2D eigenvalue weighted by atomic mass is 9.96. The molecule has 2 aromatic rings. The molecule has 2 saturated heterocycles. The molecule has 132 valence electrons. The van der Waals surface area contributed by atoms with Crippen molar-refractivity contribution < 1.29 is 19.3 Å². The number of hydrogen-bond donors (Lipinski definition) is 1. The molecular formula is C21H24O4. The Hall–Kier alpha value is -1.88. The molecule has 2 fully saturated rings. The predicted octanol–water partition coefficient (Wildman–Crippen LogP) is 3.10. The van der Waals surface area contributed by atoms with E-state index in [9.17, 15) is 5.11 Å². The van der Waals surface area contributed by atoms with Crippen LogP contribution in [0, 0.1) is 13.8 Å². The Balaban J connectivity index is 1.44. The van der Waals surface area contributed by atoms with Crippen LogP contribution in [0.1, 0.15) is 33.9 Å². The van der Waals surface area contributed by atoms with Gasteiger partial charge in [-0.25, -0.2) is 0 Å². The molecule has 0 aliphatic carbocycles. The van der Waals surface area contributed by atoms with Crippen LogP contribution in [0.3, 0.4) is 0 Å². The number of rotatable bonds is 7. The summed E-state index contributed by atoms with van der Waals surface area (Å²) in [5, 5.41) is 10.2. The lowest BCUT2D eigenvalue weighted by Crippen LogP contribution is -2.07. The van der Waals surface area contributed by atoms with Crippen molar-refractivity contribution in [3.05, 3.63) is 64.2 Å². The van der Waals surface area contributed by atoms with Gasteiger partial charge < -0.3 is 19.3 Å². The molecule has 0 aromatic heterocycles. The highest BCUT2D eigenvalue weighted by atomic mass is 16.6. The average Bonchev–Trinajstić information content (AvgIpc) is 3.47. The van der Waals surface area contributed by atoms with E-state index in [-0.39, 0.29) is 12.2 Å². The Labute approximate surface area is 148 Å². The molecule has 0 amide bonds. The molecule has 4 rings (SSSR count). The van der Waals surface area contributed by atoms with Crippen molar-refractivity contribution in [1.29, 1.82) is 0 Å². The van der Waals surface area contributed by atoms with Gasteiger partial charge in [-0.15, -0.1) is 0 Å². The van der Waals surface area contributed by atoms with Gasteiger partial charge in [-0.3, -0.25) is 0 Å². The quantitative estimate of drug-likeness (QED) is 0.787. The molecule has 2 aliphatic heterocycles. The van der Waals surface area contributed by atoms with Crippen LogP contribution in [0.2, 0.25) is 0 Å². The van der Waals surface area contributed by atoms with Crippen molar-refractivity contribution in [3.63, 3.8) is 0 Å². The Bertz CT molecular complexity index is 762. The molecule has 0 radical (unpaired) electrons. The van der Waals surface area contributed by atoms with Crippen LogP contribution in [0.5, 0.6) is 5.75 Å². The fourth-order valence-electron chi connectivity index (χ4n) is 3.18. The standard InChI is InChI=1S/C21H24O4/c1-13-7-15(3-5-18(13)21(22)20-12-25-20)9-16-4-6-19(14(2)8-16)24-11-17-10-23-17/h3-8,17,20-22H,9-12H2,1-2H3. The van der Waals surface area contributed by atoms with E-state index < -0.39 is 6.10 Å². The molecule has 2 aliphatic rings. The Morgan fingerprint density at radius 1 is 1.04 bits per heavy atom. The molecule has 2 aromatic carbocycles. The van der Waals surface area contributed by atoms with E-state index in [2.05, 4.69) is 31.2 Å². The molecule has 4 heteroatoms. The second-order valence-electron chi connectivity index (χ2n) is 7.05. The molecule has 3 unspecified atom stereocenters. The summed E-state index contributed by atoms with van der Waals surface area (Å²) < 4.78 is 16.2. The summed E-state index contributed by atoms with van der Waals surface area (Å²) in [6, 6.07) is 12.6. The minimum absolute atomic E-state index is 0.0271. The summed E-state index contributed by atoms with van der Waals surface area (Å²) in [4.78, 5) is 0. The van der Waals surface area contributed by atoms with Crippen LogP contribution in [0.4, 0.5) is 0 Å². The maximum atomic E-state index is 10.2. The van der Waals surface area contributed by atoms with E-state index >= 15 is 0 Å². The first-order valence-electron chi connectivity index (χ1n) is 8.83. The Kier molecular flexibility index (Phi) is 4.50. The monoisotopic (exact) mass is 340 g/mol. The van der Waals surface area contributed by atoms with Gasteiger partial charge in [0.1, 0.15) is 30.7 Å². The van der Waals surface area contributed by atoms with Gasteiger partial charge in [-0.2, -0.15) is 0 Å². The number of epoxide rings is 2. The van der Waals surface area contributed by atoms with Crippen LogP contribution < -0.4 is 4.74 Å². The number of hydrogen-bond acceptors (Lipinski definition) is 4. The molecule has 2 heterocycles. The topological polar surface area (TPSA) is 54.5 Å². The van der Waals surface area contributed by atoms with Gasteiger partial charge >= 0.3 is 0 Å². The Morgan fingerprint density at radius 2 is 1.72 bits per heavy atom. The first kappa shape index (κ1) is 16.6. The van der Waals surface area contributed by atoms with E-state index in [4.69, 9.17) is 14.2 Å². The van der Waals surface area contributed by atoms with Crippen molar-refractivity contribution in [3.8, 4) is 5.75 Å². The van der Waals surface area contributed by atoms with Gasteiger partial charge in [0.05, 0.1) is 13.2 Å². The fourth-order valence-corrected chi connectivity index (χ4v) is 3.18. The molecule has 0 saturated carbocycles. The van der Waals surface area contributed by atoms with Crippen LogP contribution in [-0.4, -0.2) is 37.1 Å². The van der Waals surface area contributed by atoms with Gasteiger partial charge in [0.15, 0.2) is 0 Å². The normalized spacial score (nSPS) is 22.5. The second-order valence-corrected chi connectivity index (χ2v) is 7.05. The first-order valence-corrected chi connectivity index (χ1v) is 8.83. The predicted molar refractivity (Wildman–Crippen MR) is 95.1 cm³/mol. The van der Waals surface area contributed by atoms with E-state index in [0.717, 1.165) is 35.5 Å². The maximum absolute atomic E-state index is 10.2. The molecule has 0 bridgehead atoms. The first-order chi connectivity index (χ1) is 12.1. The number of aliphatic hydroxyl groups excluding tert-OH is 1. The zero-order valence-corrected chi connectivity index (χ0v) is 14.7. The molecule has 25 heavy (non-hydrogen) atoms. The van der Waals surface area contributed by atoms with Crippen molar-refractivity contribution >= 4 is 0 Å². The van der Waals surface area contributed by atoms with Gasteiger partial charge in [0.25, 0.3) is 0 Å². The van der Waals surface area contributed by atoms with Crippen LogP contribution in [0.25, 0.3) is 0 Å². The zero-order chi connectivity index (χ0) is 17.4.